The molecular formula is C59H68ClFN10O9S. The molecular weight excluding hydrogens is 1080 g/mol. The molecule has 2 fully saturated rings. The van der Waals surface area contributed by atoms with Gasteiger partial charge in [0.15, 0.2) is 11.6 Å². The highest BCUT2D eigenvalue weighted by Crippen LogP contribution is 2.43. The van der Waals surface area contributed by atoms with Gasteiger partial charge >= 0.3 is 0 Å². The van der Waals surface area contributed by atoms with Crippen LogP contribution in [0.1, 0.15) is 69.4 Å². The number of nitrogens with zero attached hydrogens (tertiary/aromatic N) is 9. The number of aromatic hydroxyl groups is 1. The van der Waals surface area contributed by atoms with Crippen molar-refractivity contribution in [2.24, 2.45) is 5.92 Å². The molecule has 5 heterocycles. The van der Waals surface area contributed by atoms with Crippen LogP contribution in [0.2, 0.25) is 5.02 Å². The number of anilines is 2. The van der Waals surface area contributed by atoms with E-state index >= 15 is 4.39 Å². The number of aryl methyl sites for hydroxylation is 1. The molecule has 0 aliphatic carbocycles. The van der Waals surface area contributed by atoms with Crippen LogP contribution in [-0.4, -0.2) is 161 Å². The third kappa shape index (κ3) is 13.5. The number of amides is 4. The second-order valence-corrected chi connectivity index (χ2v) is 22.3. The van der Waals surface area contributed by atoms with Crippen molar-refractivity contribution < 1.29 is 47.8 Å². The molecule has 1 unspecified atom stereocenters. The number of fused-ring (bicyclic) bond motifs is 2. The SMILES string of the molecule is CC(=O)N1CCN(c2nc(N(CCOCCCCOc3cc(C(C(=O)N4C[C@H](O)C[C@H]4C(=O)NCc4ccc(-c5scnc5C)cc4)C(C)C)on3)CCC(=O)N(C)C)nc3c(F)c(-c4cc(O)cc5ccccc45)c(Cl)cc23)CC1. The normalized spacial score (nSPS) is 15.9. The zero-order valence-corrected chi connectivity index (χ0v) is 47.9. The summed E-state index contributed by atoms with van der Waals surface area (Å²) in [7, 11) is 3.35. The molecule has 0 radical (unpaired) electrons. The van der Waals surface area contributed by atoms with Gasteiger partial charge < -0.3 is 54.0 Å². The number of rotatable bonds is 22. The van der Waals surface area contributed by atoms with Crippen molar-refractivity contribution in [1.29, 1.82) is 0 Å². The lowest BCUT2D eigenvalue weighted by Crippen LogP contribution is -2.48. The van der Waals surface area contributed by atoms with Crippen molar-refractivity contribution in [3.8, 4) is 33.2 Å². The van der Waals surface area contributed by atoms with Gasteiger partial charge in [0.1, 0.15) is 29.0 Å². The number of aliphatic hydroxyl groups excluding tert-OH is 1. The number of ether oxygens (including phenoxy) is 2. The average molecular weight is 1150 g/mol. The Kier molecular flexibility index (Phi) is 18.7. The molecule has 4 amide bonds. The van der Waals surface area contributed by atoms with Crippen LogP contribution in [0.25, 0.3) is 43.2 Å². The molecule has 3 N–H and O–H groups in total. The van der Waals surface area contributed by atoms with E-state index in [1.807, 2.05) is 79.7 Å². The van der Waals surface area contributed by atoms with Gasteiger partial charge in [-0.15, -0.1) is 11.3 Å². The van der Waals surface area contributed by atoms with Crippen LogP contribution >= 0.6 is 22.9 Å². The Labute approximate surface area is 478 Å². The minimum absolute atomic E-state index is 0.00299. The molecule has 0 bridgehead atoms. The first-order chi connectivity index (χ1) is 38.9. The highest BCUT2D eigenvalue weighted by atomic mass is 35.5. The molecule has 19 nitrogen and oxygen atoms in total. The minimum atomic E-state index is -0.867. The molecule has 2 aliphatic heterocycles. The number of aromatic nitrogens is 4. The number of hydrogen-bond donors (Lipinski definition) is 3. The summed E-state index contributed by atoms with van der Waals surface area (Å²) < 4.78 is 35.2. The summed E-state index contributed by atoms with van der Waals surface area (Å²) in [6.45, 7) is 10.5. The smallest absolute Gasteiger partial charge is 0.254 e. The standard InChI is InChI=1S/C59H68ClFN10O9S/c1-35(2)51(58(77)71-33-42(74)29-47(71)57(76)62-32-38-13-15-39(16-14-38)55-36(3)63-34-81-55)48-31-49(66-80-48)79-25-10-9-24-78-26-23-70(18-17-50(75)67(5)6)59-64-54-45(56(65-59)69-21-19-68(20-22-69)37(4)72)30-46(60)52(53(54)61)44-28-41(73)27-40-11-7-8-12-43(40)44/h7-8,11-16,27-28,30-31,34-35,42,47,51,73-74H,9-10,17-26,29,32-33H2,1-6H3,(H,62,76)/t42-,47+,51?/m1/s1. The second kappa shape index (κ2) is 26.0. The number of unbranched alkanes of at least 4 members (excludes halogenated alkanes) is 1. The Morgan fingerprint density at radius 1 is 0.951 bits per heavy atom. The molecule has 0 spiro atoms. The Morgan fingerprint density at radius 2 is 1.70 bits per heavy atom. The Bertz CT molecular complexity index is 3390. The van der Waals surface area contributed by atoms with E-state index in [9.17, 15) is 29.4 Å². The summed E-state index contributed by atoms with van der Waals surface area (Å²) in [5, 5.41) is 30.4. The number of carbonyl (C=O) groups excluding carboxylic acids is 4. The van der Waals surface area contributed by atoms with Crippen molar-refractivity contribution in [2.45, 2.75) is 78.0 Å². The van der Waals surface area contributed by atoms with E-state index in [0.29, 0.717) is 73.2 Å². The fraction of sp³-hybridized carbons (Fsp3) is 0.424. The number of aliphatic hydroxyl groups is 1. The van der Waals surface area contributed by atoms with E-state index in [-0.39, 0.29) is 121 Å². The van der Waals surface area contributed by atoms with Gasteiger partial charge in [0.25, 0.3) is 5.88 Å². The highest BCUT2D eigenvalue weighted by Gasteiger charge is 2.43. The zero-order chi connectivity index (χ0) is 57.5. The molecule has 22 heteroatoms. The van der Waals surface area contributed by atoms with E-state index < -0.39 is 23.9 Å². The van der Waals surface area contributed by atoms with Crippen LogP contribution in [0.15, 0.2) is 82.8 Å². The lowest BCUT2D eigenvalue weighted by atomic mass is 9.91. The van der Waals surface area contributed by atoms with E-state index in [4.69, 9.17) is 35.6 Å². The summed E-state index contributed by atoms with van der Waals surface area (Å²) in [5.74, 6) is -1.56. The van der Waals surface area contributed by atoms with Crippen molar-refractivity contribution in [1.82, 2.24) is 40.1 Å². The number of β-amino-alcohol motifs (C(OH)–C–C–N with tert-alkyl or cyclic N) is 1. The molecule has 3 aromatic heterocycles. The van der Waals surface area contributed by atoms with Gasteiger partial charge in [-0.3, -0.25) is 19.2 Å². The number of piperazine rings is 1. The van der Waals surface area contributed by atoms with E-state index in [0.717, 1.165) is 21.7 Å². The lowest BCUT2D eigenvalue weighted by molar-refractivity contribution is -0.141. The van der Waals surface area contributed by atoms with Gasteiger partial charge in [-0.2, -0.15) is 4.98 Å². The largest absolute Gasteiger partial charge is 0.508 e. The van der Waals surface area contributed by atoms with Gasteiger partial charge in [-0.1, -0.05) is 74.0 Å². The fourth-order valence-electron chi connectivity index (χ4n) is 10.4. The lowest BCUT2D eigenvalue weighted by Gasteiger charge is -2.36. The maximum absolute atomic E-state index is 17.4. The fourth-order valence-corrected chi connectivity index (χ4v) is 11.5. The minimum Gasteiger partial charge on any atom is -0.508 e. The summed E-state index contributed by atoms with van der Waals surface area (Å²) in [4.78, 5) is 76.9. The van der Waals surface area contributed by atoms with E-state index in [2.05, 4.69) is 15.5 Å². The molecule has 0 saturated carbocycles. The molecule has 7 aromatic rings. The maximum Gasteiger partial charge on any atom is 0.254 e. The molecule has 4 aromatic carbocycles. The monoisotopic (exact) mass is 1150 g/mol. The van der Waals surface area contributed by atoms with Gasteiger partial charge in [-0.05, 0) is 76.5 Å². The molecule has 428 valence electrons. The number of likely N-dealkylation sites (tertiary alicyclic amines) is 1. The average Bonchev–Trinajstić information content (AvgIpc) is 4.09. The number of hydrogen-bond acceptors (Lipinski definition) is 16. The summed E-state index contributed by atoms with van der Waals surface area (Å²) in [6, 6.07) is 20.7. The third-order valence-electron chi connectivity index (χ3n) is 14.8. The quantitative estimate of drug-likeness (QED) is 0.0545. The predicted octanol–water partition coefficient (Wildman–Crippen LogP) is 8.21. The van der Waals surface area contributed by atoms with Crippen molar-refractivity contribution in [2.75, 3.05) is 89.5 Å². The van der Waals surface area contributed by atoms with Gasteiger partial charge in [0.05, 0.1) is 40.4 Å². The van der Waals surface area contributed by atoms with Crippen LogP contribution in [0.4, 0.5) is 16.2 Å². The summed E-state index contributed by atoms with van der Waals surface area (Å²) in [6.07, 6.45) is 0.550. The van der Waals surface area contributed by atoms with Crippen molar-refractivity contribution in [3.05, 3.63) is 106 Å². The number of thiazole rings is 1. The number of phenols is 1. The van der Waals surface area contributed by atoms with E-state index in [1.165, 1.54) is 22.8 Å². The first-order valence-electron chi connectivity index (χ1n) is 27.3. The maximum atomic E-state index is 17.4. The number of halogens is 2. The van der Waals surface area contributed by atoms with E-state index in [1.54, 1.807) is 53.4 Å². The van der Waals surface area contributed by atoms with Crippen LogP contribution < -0.4 is 19.9 Å². The first kappa shape index (κ1) is 58.2. The third-order valence-corrected chi connectivity index (χ3v) is 16.1. The molecule has 81 heavy (non-hydrogen) atoms. The second-order valence-electron chi connectivity index (χ2n) is 21.1. The van der Waals surface area contributed by atoms with Crippen LogP contribution in [-0.2, 0) is 30.5 Å². The van der Waals surface area contributed by atoms with Crippen LogP contribution in [0, 0.1) is 18.7 Å². The summed E-state index contributed by atoms with van der Waals surface area (Å²) >= 11 is 8.56. The Balaban J connectivity index is 0.827. The van der Waals surface area contributed by atoms with Gasteiger partial charge in [0.2, 0.25) is 29.6 Å². The molecule has 2 saturated heterocycles. The number of phenolic OH excluding ortho intramolecular Hbond substituents is 1. The van der Waals surface area contributed by atoms with Crippen molar-refractivity contribution >= 4 is 80.0 Å². The molecule has 9 rings (SSSR count). The Hall–Kier alpha value is -7.46. The van der Waals surface area contributed by atoms with Crippen LogP contribution in [0.3, 0.4) is 0 Å². The zero-order valence-electron chi connectivity index (χ0n) is 46.4. The first-order valence-corrected chi connectivity index (χ1v) is 28.5. The predicted molar refractivity (Wildman–Crippen MR) is 309 cm³/mol. The van der Waals surface area contributed by atoms with Gasteiger partial charge in [-0.25, -0.2) is 14.4 Å². The van der Waals surface area contributed by atoms with Gasteiger partial charge in [0, 0.05) is 110 Å². The Morgan fingerprint density at radius 3 is 2.42 bits per heavy atom. The molecule has 3 atom stereocenters. The van der Waals surface area contributed by atoms with Crippen LogP contribution in [0.5, 0.6) is 11.6 Å². The summed E-state index contributed by atoms with van der Waals surface area (Å²) in [5.41, 5.74) is 5.18. The molecule has 2 aliphatic rings. The topological polar surface area (TPSA) is 220 Å². The van der Waals surface area contributed by atoms with Crippen molar-refractivity contribution in [3.63, 3.8) is 0 Å². The number of benzene rings is 4. The number of carbonyl (C=O) groups is 4. The number of nitrogens with one attached hydrogen (secondary N) is 1. The highest BCUT2D eigenvalue weighted by molar-refractivity contribution is 7.13.